The molecule has 0 amide bonds. The number of pyridine rings is 1. The van der Waals surface area contributed by atoms with E-state index in [2.05, 4.69) is 57.4 Å². The monoisotopic (exact) mass is 341 g/mol. The summed E-state index contributed by atoms with van der Waals surface area (Å²) in [7, 11) is 0. The van der Waals surface area contributed by atoms with Gasteiger partial charge in [-0.05, 0) is 49.7 Å². The number of hydrogen-bond acceptors (Lipinski definition) is 3. The van der Waals surface area contributed by atoms with Gasteiger partial charge >= 0.3 is 0 Å². The van der Waals surface area contributed by atoms with E-state index in [0.717, 1.165) is 38.0 Å². The van der Waals surface area contributed by atoms with Gasteiger partial charge in [-0.15, -0.1) is 0 Å². The molecule has 0 spiro atoms. The minimum absolute atomic E-state index is 0.744. The zero-order chi connectivity index (χ0) is 15.0. The molecule has 2 aromatic carbocycles. The average molecular weight is 342 g/mol. The van der Waals surface area contributed by atoms with Crippen LogP contribution in [0.25, 0.3) is 10.8 Å². The topological polar surface area (TPSA) is 50.9 Å². The molecule has 3 aromatic rings. The molecule has 4 heteroatoms. The number of benzene rings is 2. The highest BCUT2D eigenvalue weighted by Gasteiger charge is 2.06. The van der Waals surface area contributed by atoms with Gasteiger partial charge in [-0.25, -0.2) is 0 Å². The van der Waals surface area contributed by atoms with Gasteiger partial charge in [0.2, 0.25) is 0 Å². The minimum Gasteiger partial charge on any atom is -0.398 e. The van der Waals surface area contributed by atoms with Crippen molar-refractivity contribution in [2.75, 3.05) is 11.1 Å². The van der Waals surface area contributed by atoms with E-state index >= 15 is 0 Å². The van der Waals surface area contributed by atoms with Gasteiger partial charge in [0, 0.05) is 44.2 Å². The smallest absolute Gasteiger partial charge is 0.0466 e. The second kappa shape index (κ2) is 5.37. The van der Waals surface area contributed by atoms with Crippen molar-refractivity contribution in [2.45, 2.75) is 13.8 Å². The molecule has 0 saturated carbocycles. The summed E-state index contributed by atoms with van der Waals surface area (Å²) in [4.78, 5) is 4.33. The van der Waals surface area contributed by atoms with E-state index in [1.165, 1.54) is 5.56 Å². The lowest BCUT2D eigenvalue weighted by molar-refractivity contribution is 1.22. The molecule has 106 valence electrons. The molecule has 0 bridgehead atoms. The molecule has 3 nitrogen and oxygen atoms in total. The molecule has 1 heterocycles. The third-order valence-corrected chi connectivity index (χ3v) is 4.38. The van der Waals surface area contributed by atoms with Crippen molar-refractivity contribution in [3.05, 3.63) is 58.3 Å². The maximum Gasteiger partial charge on any atom is 0.0466 e. The van der Waals surface area contributed by atoms with Crippen molar-refractivity contribution in [3.8, 4) is 0 Å². The van der Waals surface area contributed by atoms with E-state index < -0.39 is 0 Å². The highest BCUT2D eigenvalue weighted by atomic mass is 79.9. The number of fused-ring (bicyclic) bond motifs is 1. The Balaban J connectivity index is 2.10. The van der Waals surface area contributed by atoms with E-state index in [1.807, 2.05) is 25.3 Å². The summed E-state index contributed by atoms with van der Waals surface area (Å²) in [6.07, 6.45) is 1.83. The summed E-state index contributed by atoms with van der Waals surface area (Å²) in [5.41, 5.74) is 11.0. The Labute approximate surface area is 132 Å². The molecule has 1 aromatic heterocycles. The van der Waals surface area contributed by atoms with Crippen LogP contribution >= 0.6 is 15.9 Å². The fourth-order valence-electron chi connectivity index (χ4n) is 2.30. The third-order valence-electron chi connectivity index (χ3n) is 3.52. The molecule has 3 rings (SSSR count). The average Bonchev–Trinajstić information content (AvgIpc) is 2.46. The van der Waals surface area contributed by atoms with Crippen molar-refractivity contribution in [2.24, 2.45) is 0 Å². The van der Waals surface area contributed by atoms with Gasteiger partial charge in [0.15, 0.2) is 0 Å². The maximum atomic E-state index is 6.04. The summed E-state index contributed by atoms with van der Waals surface area (Å²) in [5, 5.41) is 5.51. The van der Waals surface area contributed by atoms with Crippen LogP contribution < -0.4 is 11.1 Å². The van der Waals surface area contributed by atoms with Gasteiger partial charge in [-0.3, -0.25) is 4.98 Å². The number of hydrogen-bond donors (Lipinski definition) is 2. The number of aromatic nitrogens is 1. The van der Waals surface area contributed by atoms with Gasteiger partial charge < -0.3 is 11.1 Å². The van der Waals surface area contributed by atoms with Crippen LogP contribution in [0.3, 0.4) is 0 Å². The fourth-order valence-corrected chi connectivity index (χ4v) is 2.68. The van der Waals surface area contributed by atoms with Crippen LogP contribution in [0.5, 0.6) is 0 Å². The Morgan fingerprint density at radius 2 is 1.86 bits per heavy atom. The Morgan fingerprint density at radius 1 is 1.05 bits per heavy atom. The normalized spacial score (nSPS) is 10.8. The molecule has 0 aliphatic heterocycles. The number of aryl methyl sites for hydroxylation is 2. The SMILES string of the molecule is Cc1cc2c(Nc3ccc(C)c(Br)c3)ccc(N)c2cn1. The highest BCUT2D eigenvalue weighted by Crippen LogP contribution is 2.31. The number of halogens is 1. The van der Waals surface area contributed by atoms with E-state index in [1.54, 1.807) is 0 Å². The lowest BCUT2D eigenvalue weighted by atomic mass is 10.1. The molecule has 0 radical (unpaired) electrons. The van der Waals surface area contributed by atoms with Crippen LogP contribution in [0.2, 0.25) is 0 Å². The van der Waals surface area contributed by atoms with E-state index in [-0.39, 0.29) is 0 Å². The van der Waals surface area contributed by atoms with Crippen molar-refractivity contribution >= 4 is 43.8 Å². The second-order valence-corrected chi connectivity index (χ2v) is 6.02. The molecule has 0 saturated heterocycles. The van der Waals surface area contributed by atoms with Gasteiger partial charge in [0.05, 0.1) is 0 Å². The number of nitrogens with one attached hydrogen (secondary N) is 1. The summed E-state index contributed by atoms with van der Waals surface area (Å²) >= 11 is 3.56. The molecule has 0 aliphatic rings. The number of nitrogen functional groups attached to an aromatic ring is 1. The first kappa shape index (κ1) is 13.9. The van der Waals surface area contributed by atoms with Crippen LogP contribution in [-0.2, 0) is 0 Å². The molecular formula is C17H16BrN3. The quantitative estimate of drug-likeness (QED) is 0.649. The highest BCUT2D eigenvalue weighted by molar-refractivity contribution is 9.10. The van der Waals surface area contributed by atoms with E-state index in [9.17, 15) is 0 Å². The zero-order valence-corrected chi connectivity index (χ0v) is 13.5. The van der Waals surface area contributed by atoms with Crippen LogP contribution in [0, 0.1) is 13.8 Å². The Bertz CT molecular complexity index is 828. The molecule has 3 N–H and O–H groups in total. The van der Waals surface area contributed by atoms with Gasteiger partial charge in [0.25, 0.3) is 0 Å². The van der Waals surface area contributed by atoms with Gasteiger partial charge in [-0.2, -0.15) is 0 Å². The lowest BCUT2D eigenvalue weighted by Crippen LogP contribution is -1.96. The fraction of sp³-hybridized carbons (Fsp3) is 0.118. The minimum atomic E-state index is 0.744. The lowest BCUT2D eigenvalue weighted by Gasteiger charge is -2.12. The number of nitrogens with two attached hydrogens (primary N) is 1. The summed E-state index contributed by atoms with van der Waals surface area (Å²) < 4.78 is 1.09. The first-order chi connectivity index (χ1) is 10.0. The van der Waals surface area contributed by atoms with Crippen LogP contribution in [0.15, 0.2) is 47.1 Å². The molecule has 0 atom stereocenters. The van der Waals surface area contributed by atoms with Crippen LogP contribution in [0.1, 0.15) is 11.3 Å². The van der Waals surface area contributed by atoms with Crippen molar-refractivity contribution in [3.63, 3.8) is 0 Å². The van der Waals surface area contributed by atoms with Crippen molar-refractivity contribution in [1.82, 2.24) is 4.98 Å². The predicted molar refractivity (Wildman–Crippen MR) is 93.1 cm³/mol. The number of rotatable bonds is 2. The largest absolute Gasteiger partial charge is 0.398 e. The van der Waals surface area contributed by atoms with Crippen molar-refractivity contribution in [1.29, 1.82) is 0 Å². The molecule has 0 fully saturated rings. The standard InChI is InChI=1S/C17H16BrN3/c1-10-3-4-12(8-15(10)18)21-17-6-5-16(19)14-9-20-11(2)7-13(14)17/h3-9,21H,19H2,1-2H3. The molecular weight excluding hydrogens is 326 g/mol. The van der Waals surface area contributed by atoms with Crippen LogP contribution in [0.4, 0.5) is 17.1 Å². The molecule has 0 aliphatic carbocycles. The predicted octanol–water partition coefficient (Wildman–Crippen LogP) is 4.94. The van der Waals surface area contributed by atoms with Gasteiger partial charge in [0.1, 0.15) is 0 Å². The summed E-state index contributed by atoms with van der Waals surface area (Å²) in [6, 6.07) is 12.2. The maximum absolute atomic E-state index is 6.04. The molecule has 0 unspecified atom stereocenters. The Hall–Kier alpha value is -2.07. The number of nitrogens with zero attached hydrogens (tertiary/aromatic N) is 1. The first-order valence-electron chi connectivity index (χ1n) is 6.72. The molecule has 21 heavy (non-hydrogen) atoms. The summed E-state index contributed by atoms with van der Waals surface area (Å²) in [5.74, 6) is 0. The van der Waals surface area contributed by atoms with Crippen LogP contribution in [-0.4, -0.2) is 4.98 Å². The van der Waals surface area contributed by atoms with E-state index in [4.69, 9.17) is 5.73 Å². The number of anilines is 3. The Kier molecular flexibility index (Phi) is 3.55. The third kappa shape index (κ3) is 2.72. The Morgan fingerprint density at radius 3 is 2.62 bits per heavy atom. The zero-order valence-electron chi connectivity index (χ0n) is 11.9. The first-order valence-corrected chi connectivity index (χ1v) is 7.52. The second-order valence-electron chi connectivity index (χ2n) is 5.16. The summed E-state index contributed by atoms with van der Waals surface area (Å²) in [6.45, 7) is 4.05. The van der Waals surface area contributed by atoms with E-state index in [0.29, 0.717) is 0 Å². The van der Waals surface area contributed by atoms with Crippen molar-refractivity contribution < 1.29 is 0 Å². The van der Waals surface area contributed by atoms with Gasteiger partial charge in [-0.1, -0.05) is 22.0 Å².